The lowest BCUT2D eigenvalue weighted by atomic mass is 10.4. The molecule has 0 atom stereocenters. The fraction of sp³-hybridized carbons (Fsp3) is 0.222. The van der Waals surface area contributed by atoms with Crippen LogP contribution in [0.1, 0.15) is 0 Å². The molecular weight excluding hydrogens is 190 g/mol. The third-order valence-corrected chi connectivity index (χ3v) is 2.72. The average molecular weight is 200 g/mol. The van der Waals surface area contributed by atoms with Gasteiger partial charge in [-0.2, -0.15) is 0 Å². The molecule has 1 rings (SSSR count). The third kappa shape index (κ3) is 3.28. The zero-order valence-corrected chi connectivity index (χ0v) is 8.24. The van der Waals surface area contributed by atoms with E-state index in [2.05, 4.69) is 11.6 Å². The highest BCUT2D eigenvalue weighted by molar-refractivity contribution is 7.99. The van der Waals surface area contributed by atoms with E-state index in [0.717, 1.165) is 16.4 Å². The molecular formula is C9H10ClNS. The van der Waals surface area contributed by atoms with Crippen molar-refractivity contribution >= 4 is 23.4 Å². The van der Waals surface area contributed by atoms with Crippen molar-refractivity contribution in [2.75, 3.05) is 11.6 Å². The fourth-order valence-corrected chi connectivity index (χ4v) is 1.62. The van der Waals surface area contributed by atoms with Crippen LogP contribution in [-0.2, 0) is 0 Å². The van der Waals surface area contributed by atoms with Gasteiger partial charge in [0, 0.05) is 17.8 Å². The monoisotopic (exact) mass is 199 g/mol. The van der Waals surface area contributed by atoms with Crippen LogP contribution in [0.5, 0.6) is 0 Å². The van der Waals surface area contributed by atoms with Gasteiger partial charge >= 0.3 is 0 Å². The molecule has 0 amide bonds. The van der Waals surface area contributed by atoms with Crippen molar-refractivity contribution < 1.29 is 0 Å². The molecule has 0 saturated carbocycles. The van der Waals surface area contributed by atoms with Crippen LogP contribution in [0.4, 0.5) is 0 Å². The quantitative estimate of drug-likeness (QED) is 0.420. The Kier molecular flexibility index (Phi) is 4.19. The lowest BCUT2D eigenvalue weighted by molar-refractivity contribution is 1.13. The Labute approximate surface area is 81.8 Å². The minimum absolute atomic E-state index is 0.528. The van der Waals surface area contributed by atoms with E-state index in [4.69, 9.17) is 11.6 Å². The van der Waals surface area contributed by atoms with Crippen LogP contribution < -0.4 is 0 Å². The summed E-state index contributed by atoms with van der Waals surface area (Å²) in [5.74, 6) is 1.38. The normalized spacial score (nSPS) is 9.75. The summed E-state index contributed by atoms with van der Waals surface area (Å²) < 4.78 is 0. The summed E-state index contributed by atoms with van der Waals surface area (Å²) in [5, 5.41) is 1.02. The van der Waals surface area contributed by atoms with Gasteiger partial charge in [0.2, 0.25) is 0 Å². The molecule has 0 saturated heterocycles. The van der Waals surface area contributed by atoms with Gasteiger partial charge in [-0.25, -0.2) is 4.98 Å². The van der Waals surface area contributed by atoms with Gasteiger partial charge in [-0.1, -0.05) is 18.2 Å². The number of hydrogen-bond acceptors (Lipinski definition) is 2. The van der Waals surface area contributed by atoms with E-state index in [0.29, 0.717) is 5.88 Å². The summed E-state index contributed by atoms with van der Waals surface area (Å²) in [4.78, 5) is 4.16. The second-order valence-electron chi connectivity index (χ2n) is 2.34. The molecule has 0 unspecified atom stereocenters. The molecule has 0 aromatic carbocycles. The van der Waals surface area contributed by atoms with E-state index in [1.54, 1.807) is 18.0 Å². The number of hydrogen-bond donors (Lipinski definition) is 0. The van der Waals surface area contributed by atoms with Crippen molar-refractivity contribution in [2.24, 2.45) is 0 Å². The number of pyridine rings is 1. The fourth-order valence-electron chi connectivity index (χ4n) is 0.647. The summed E-state index contributed by atoms with van der Waals surface area (Å²) in [5.41, 5.74) is 1.03. The second kappa shape index (κ2) is 5.22. The summed E-state index contributed by atoms with van der Waals surface area (Å²) in [6.07, 6.45) is 1.78. The molecule has 1 aromatic rings. The van der Waals surface area contributed by atoms with Crippen molar-refractivity contribution in [1.82, 2.24) is 4.98 Å². The van der Waals surface area contributed by atoms with Crippen LogP contribution in [0.25, 0.3) is 0 Å². The Morgan fingerprint density at radius 2 is 2.42 bits per heavy atom. The van der Waals surface area contributed by atoms with Gasteiger partial charge in [-0.05, 0) is 12.1 Å². The summed E-state index contributed by atoms with van der Waals surface area (Å²) in [6.45, 7) is 3.81. The average Bonchev–Trinajstić information content (AvgIpc) is 2.16. The number of nitrogens with zero attached hydrogens (tertiary/aromatic N) is 1. The molecule has 1 nitrogen and oxygen atoms in total. The van der Waals surface area contributed by atoms with Crippen molar-refractivity contribution in [3.05, 3.63) is 36.5 Å². The van der Waals surface area contributed by atoms with E-state index in [-0.39, 0.29) is 0 Å². The summed E-state index contributed by atoms with van der Waals surface area (Å²) in [6, 6.07) is 5.85. The maximum Gasteiger partial charge on any atom is 0.0962 e. The van der Waals surface area contributed by atoms with Crippen molar-refractivity contribution in [3.8, 4) is 0 Å². The van der Waals surface area contributed by atoms with E-state index in [1.807, 2.05) is 18.2 Å². The van der Waals surface area contributed by atoms with E-state index in [9.17, 15) is 0 Å². The zero-order valence-electron chi connectivity index (χ0n) is 6.66. The standard InChI is InChI=1S/C9H10ClNS/c1-8(6-10)7-12-9-4-2-3-5-11-9/h2-5H,1,6-7H2. The Morgan fingerprint density at radius 1 is 1.58 bits per heavy atom. The Balaban J connectivity index is 2.38. The number of alkyl halides is 1. The van der Waals surface area contributed by atoms with Gasteiger partial charge in [-0.3, -0.25) is 0 Å². The molecule has 12 heavy (non-hydrogen) atoms. The third-order valence-electron chi connectivity index (χ3n) is 1.25. The topological polar surface area (TPSA) is 12.9 Å². The van der Waals surface area contributed by atoms with Crippen LogP contribution in [-0.4, -0.2) is 16.6 Å². The lowest BCUT2D eigenvalue weighted by Gasteiger charge is -1.99. The van der Waals surface area contributed by atoms with E-state index < -0.39 is 0 Å². The Morgan fingerprint density at radius 3 is 3.00 bits per heavy atom. The number of halogens is 1. The molecule has 0 radical (unpaired) electrons. The first-order chi connectivity index (χ1) is 5.83. The smallest absolute Gasteiger partial charge is 0.0962 e. The van der Waals surface area contributed by atoms with Gasteiger partial charge < -0.3 is 0 Å². The Hall–Kier alpha value is -0.470. The molecule has 0 aliphatic rings. The summed E-state index contributed by atoms with van der Waals surface area (Å²) >= 11 is 7.24. The van der Waals surface area contributed by atoms with Crippen LogP contribution in [0, 0.1) is 0 Å². The highest BCUT2D eigenvalue weighted by Gasteiger charge is 1.95. The molecule has 3 heteroatoms. The predicted octanol–water partition coefficient (Wildman–Crippen LogP) is 2.97. The van der Waals surface area contributed by atoms with Gasteiger partial charge in [0.05, 0.1) is 5.03 Å². The maximum absolute atomic E-state index is 5.58. The molecule has 0 bridgehead atoms. The minimum atomic E-state index is 0.528. The molecule has 0 fully saturated rings. The predicted molar refractivity (Wildman–Crippen MR) is 54.8 cm³/mol. The SMILES string of the molecule is C=C(CCl)CSc1ccccn1. The van der Waals surface area contributed by atoms with Crippen LogP contribution in [0.3, 0.4) is 0 Å². The van der Waals surface area contributed by atoms with Crippen LogP contribution in [0.15, 0.2) is 41.6 Å². The van der Waals surface area contributed by atoms with Crippen LogP contribution >= 0.6 is 23.4 Å². The number of thioether (sulfide) groups is 1. The first kappa shape index (κ1) is 9.62. The highest BCUT2D eigenvalue weighted by Crippen LogP contribution is 2.16. The van der Waals surface area contributed by atoms with E-state index >= 15 is 0 Å². The molecule has 64 valence electrons. The first-order valence-corrected chi connectivity index (χ1v) is 5.11. The second-order valence-corrected chi connectivity index (χ2v) is 3.60. The van der Waals surface area contributed by atoms with Crippen molar-refractivity contribution in [1.29, 1.82) is 0 Å². The van der Waals surface area contributed by atoms with E-state index in [1.165, 1.54) is 0 Å². The van der Waals surface area contributed by atoms with Crippen LogP contribution in [0.2, 0.25) is 0 Å². The molecule has 0 aliphatic carbocycles. The van der Waals surface area contributed by atoms with Crippen molar-refractivity contribution in [3.63, 3.8) is 0 Å². The summed E-state index contributed by atoms with van der Waals surface area (Å²) in [7, 11) is 0. The molecule has 0 N–H and O–H groups in total. The van der Waals surface area contributed by atoms with Gasteiger partial charge in [0.15, 0.2) is 0 Å². The van der Waals surface area contributed by atoms with Crippen molar-refractivity contribution in [2.45, 2.75) is 5.03 Å². The van der Waals surface area contributed by atoms with Gasteiger partial charge in [0.1, 0.15) is 0 Å². The lowest BCUT2D eigenvalue weighted by Crippen LogP contribution is -1.87. The highest BCUT2D eigenvalue weighted by atomic mass is 35.5. The molecule has 1 heterocycles. The minimum Gasteiger partial charge on any atom is -0.250 e. The Bertz CT molecular complexity index is 248. The largest absolute Gasteiger partial charge is 0.250 e. The maximum atomic E-state index is 5.58. The first-order valence-electron chi connectivity index (χ1n) is 3.59. The molecule has 0 aliphatic heterocycles. The number of rotatable bonds is 4. The van der Waals surface area contributed by atoms with Gasteiger partial charge in [-0.15, -0.1) is 23.4 Å². The van der Waals surface area contributed by atoms with Gasteiger partial charge in [0.25, 0.3) is 0 Å². The zero-order chi connectivity index (χ0) is 8.81. The number of aromatic nitrogens is 1. The molecule has 1 aromatic heterocycles. The molecule has 0 spiro atoms.